The van der Waals surface area contributed by atoms with Crippen molar-refractivity contribution >= 4 is 5.69 Å². The van der Waals surface area contributed by atoms with Gasteiger partial charge in [-0.3, -0.25) is 0 Å². The van der Waals surface area contributed by atoms with E-state index in [-0.39, 0.29) is 5.75 Å². The third-order valence-corrected chi connectivity index (χ3v) is 3.02. The van der Waals surface area contributed by atoms with E-state index in [2.05, 4.69) is 12.2 Å². The maximum absolute atomic E-state index is 13.2. The number of phenols is 1. The Kier molecular flexibility index (Phi) is 5.04. The predicted octanol–water partition coefficient (Wildman–Crippen LogP) is 4.24. The summed E-state index contributed by atoms with van der Waals surface area (Å²) < 4.78 is 19.0. The molecule has 2 N–H and O–H groups in total. The highest BCUT2D eigenvalue weighted by atomic mass is 19.1. The lowest BCUT2D eigenvalue weighted by atomic mass is 10.1. The number of benzene rings is 2. The first-order chi connectivity index (χ1) is 10.1. The van der Waals surface area contributed by atoms with Gasteiger partial charge in [0.1, 0.15) is 17.3 Å². The Hall–Kier alpha value is -2.23. The molecule has 0 radical (unpaired) electrons. The van der Waals surface area contributed by atoms with Gasteiger partial charge in [0.15, 0.2) is 0 Å². The van der Waals surface area contributed by atoms with Crippen LogP contribution >= 0.6 is 0 Å². The predicted molar refractivity (Wildman–Crippen MR) is 82.4 cm³/mol. The zero-order valence-electron chi connectivity index (χ0n) is 12.3. The fourth-order valence-electron chi connectivity index (χ4n) is 2.04. The summed E-state index contributed by atoms with van der Waals surface area (Å²) in [6.07, 6.45) is 0.936. The van der Waals surface area contributed by atoms with E-state index < -0.39 is 5.82 Å². The third kappa shape index (κ3) is 4.38. The summed E-state index contributed by atoms with van der Waals surface area (Å²) in [5.41, 5.74) is 2.65. The summed E-state index contributed by atoms with van der Waals surface area (Å²) >= 11 is 0. The Labute approximate surface area is 124 Å². The molecular formula is C17H20FNO2. The molecule has 0 heterocycles. The van der Waals surface area contributed by atoms with E-state index in [1.54, 1.807) is 0 Å². The van der Waals surface area contributed by atoms with E-state index >= 15 is 0 Å². The van der Waals surface area contributed by atoms with Crippen LogP contribution in [0.5, 0.6) is 11.5 Å². The molecule has 0 aliphatic rings. The second kappa shape index (κ2) is 6.97. The van der Waals surface area contributed by atoms with Crippen LogP contribution in [0.3, 0.4) is 0 Å². The van der Waals surface area contributed by atoms with Gasteiger partial charge >= 0.3 is 0 Å². The Morgan fingerprint density at radius 3 is 2.71 bits per heavy atom. The molecule has 112 valence electrons. The molecular weight excluding hydrogens is 269 g/mol. The van der Waals surface area contributed by atoms with E-state index in [1.165, 1.54) is 12.1 Å². The van der Waals surface area contributed by atoms with E-state index in [4.69, 9.17) is 4.74 Å². The molecule has 0 saturated carbocycles. The monoisotopic (exact) mass is 289 g/mol. The highest BCUT2D eigenvalue weighted by Crippen LogP contribution is 2.27. The summed E-state index contributed by atoms with van der Waals surface area (Å²) in [5.74, 6) is 0.272. The molecule has 0 atom stereocenters. The van der Waals surface area contributed by atoms with Crippen LogP contribution in [0, 0.1) is 12.7 Å². The van der Waals surface area contributed by atoms with Crippen LogP contribution in [0.4, 0.5) is 10.1 Å². The Balaban J connectivity index is 2.11. The van der Waals surface area contributed by atoms with Crippen LogP contribution in [0.2, 0.25) is 0 Å². The minimum Gasteiger partial charge on any atom is -0.508 e. The summed E-state index contributed by atoms with van der Waals surface area (Å²) in [5, 5.41) is 12.6. The van der Waals surface area contributed by atoms with Gasteiger partial charge in [-0.1, -0.05) is 13.0 Å². The van der Waals surface area contributed by atoms with Crippen LogP contribution < -0.4 is 10.1 Å². The van der Waals surface area contributed by atoms with Crippen molar-refractivity contribution in [3.8, 4) is 11.5 Å². The zero-order chi connectivity index (χ0) is 15.2. The first kappa shape index (κ1) is 15.2. The molecule has 0 aliphatic heterocycles. The second-order valence-corrected chi connectivity index (χ2v) is 5.02. The van der Waals surface area contributed by atoms with Crippen molar-refractivity contribution in [3.63, 3.8) is 0 Å². The summed E-state index contributed by atoms with van der Waals surface area (Å²) in [6, 6.07) is 9.93. The molecule has 0 amide bonds. The van der Waals surface area contributed by atoms with Crippen molar-refractivity contribution in [1.29, 1.82) is 0 Å². The topological polar surface area (TPSA) is 41.5 Å². The maximum atomic E-state index is 13.2. The van der Waals surface area contributed by atoms with Crippen molar-refractivity contribution < 1.29 is 14.2 Å². The van der Waals surface area contributed by atoms with Crippen LogP contribution in [-0.2, 0) is 6.54 Å². The molecule has 0 spiro atoms. The van der Waals surface area contributed by atoms with Crippen LogP contribution in [-0.4, -0.2) is 11.7 Å². The normalized spacial score (nSPS) is 10.4. The third-order valence-electron chi connectivity index (χ3n) is 3.02. The number of hydrogen-bond donors (Lipinski definition) is 2. The average molecular weight is 289 g/mol. The number of phenolic OH excluding ortho intramolecular Hbond substituents is 1. The van der Waals surface area contributed by atoms with Crippen molar-refractivity contribution in [1.82, 2.24) is 0 Å². The largest absolute Gasteiger partial charge is 0.508 e. The molecule has 3 nitrogen and oxygen atoms in total. The van der Waals surface area contributed by atoms with Crippen LogP contribution in [0.1, 0.15) is 24.5 Å². The van der Waals surface area contributed by atoms with Crippen LogP contribution in [0.15, 0.2) is 36.4 Å². The number of nitrogens with one attached hydrogen (secondary N) is 1. The Bertz CT molecular complexity index is 593. The number of anilines is 1. The van der Waals surface area contributed by atoms with Gasteiger partial charge in [-0.05, 0) is 48.7 Å². The van der Waals surface area contributed by atoms with Gasteiger partial charge in [-0.2, -0.15) is 0 Å². The number of hydrogen-bond acceptors (Lipinski definition) is 3. The minimum atomic E-state index is -0.446. The van der Waals surface area contributed by atoms with E-state index in [9.17, 15) is 9.50 Å². The smallest absolute Gasteiger partial charge is 0.142 e. The quantitative estimate of drug-likeness (QED) is 0.835. The highest BCUT2D eigenvalue weighted by molar-refractivity contribution is 5.58. The minimum absolute atomic E-state index is 0.0711. The fraction of sp³-hybridized carbons (Fsp3) is 0.294. The molecule has 0 unspecified atom stereocenters. The molecule has 2 rings (SSSR count). The number of rotatable bonds is 6. The lowest BCUT2D eigenvalue weighted by Crippen LogP contribution is -2.04. The molecule has 2 aromatic carbocycles. The average Bonchev–Trinajstić information content (AvgIpc) is 2.43. The maximum Gasteiger partial charge on any atom is 0.142 e. The lowest BCUT2D eigenvalue weighted by molar-refractivity contribution is 0.318. The van der Waals surface area contributed by atoms with Gasteiger partial charge in [0, 0.05) is 12.6 Å². The van der Waals surface area contributed by atoms with Crippen molar-refractivity contribution in [2.75, 3.05) is 11.9 Å². The zero-order valence-corrected chi connectivity index (χ0v) is 12.3. The molecule has 2 aromatic rings. The molecule has 0 aromatic heterocycles. The molecule has 0 aliphatic carbocycles. The summed E-state index contributed by atoms with van der Waals surface area (Å²) in [6.45, 7) is 5.13. The van der Waals surface area contributed by atoms with E-state index in [0.29, 0.717) is 18.7 Å². The standard InChI is InChI=1S/C17H20FNO2/c1-3-6-21-17-7-12(2)4-5-16(17)19-11-13-8-14(18)10-15(20)9-13/h4-5,7-10,19-20H,3,6,11H2,1-2H3. The number of halogens is 1. The molecule has 4 heteroatoms. The first-order valence-electron chi connectivity index (χ1n) is 7.04. The first-order valence-corrected chi connectivity index (χ1v) is 7.04. The van der Waals surface area contributed by atoms with Gasteiger partial charge in [0.25, 0.3) is 0 Å². The van der Waals surface area contributed by atoms with E-state index in [0.717, 1.165) is 29.5 Å². The molecule has 0 fully saturated rings. The highest BCUT2D eigenvalue weighted by Gasteiger charge is 2.05. The number of aryl methyl sites for hydroxylation is 1. The van der Waals surface area contributed by atoms with Gasteiger partial charge < -0.3 is 15.2 Å². The summed E-state index contributed by atoms with van der Waals surface area (Å²) in [7, 11) is 0. The van der Waals surface area contributed by atoms with Gasteiger partial charge in [0.05, 0.1) is 12.3 Å². The Morgan fingerprint density at radius 2 is 2.00 bits per heavy atom. The number of ether oxygens (including phenoxy) is 1. The van der Waals surface area contributed by atoms with Gasteiger partial charge in [0.2, 0.25) is 0 Å². The van der Waals surface area contributed by atoms with E-state index in [1.807, 2.05) is 25.1 Å². The van der Waals surface area contributed by atoms with Gasteiger partial charge in [-0.15, -0.1) is 0 Å². The second-order valence-electron chi connectivity index (χ2n) is 5.02. The lowest BCUT2D eigenvalue weighted by Gasteiger charge is -2.14. The van der Waals surface area contributed by atoms with Gasteiger partial charge in [-0.25, -0.2) is 4.39 Å². The van der Waals surface area contributed by atoms with Crippen molar-refractivity contribution in [3.05, 3.63) is 53.3 Å². The summed E-state index contributed by atoms with van der Waals surface area (Å²) in [4.78, 5) is 0. The van der Waals surface area contributed by atoms with Crippen LogP contribution in [0.25, 0.3) is 0 Å². The SMILES string of the molecule is CCCOc1cc(C)ccc1NCc1cc(O)cc(F)c1. The Morgan fingerprint density at radius 1 is 1.19 bits per heavy atom. The number of aromatic hydroxyl groups is 1. The van der Waals surface area contributed by atoms with Crippen molar-refractivity contribution in [2.45, 2.75) is 26.8 Å². The molecule has 0 saturated heterocycles. The molecule has 21 heavy (non-hydrogen) atoms. The van der Waals surface area contributed by atoms with Crippen molar-refractivity contribution in [2.24, 2.45) is 0 Å². The fourth-order valence-corrected chi connectivity index (χ4v) is 2.04. The molecule has 0 bridgehead atoms.